The summed E-state index contributed by atoms with van der Waals surface area (Å²) in [6.07, 6.45) is 0.254. The molecule has 2 bridgehead atoms. The predicted octanol–water partition coefficient (Wildman–Crippen LogP) is 1.67. The van der Waals surface area contributed by atoms with Crippen LogP contribution in [0.25, 0.3) is 5.52 Å². The van der Waals surface area contributed by atoms with E-state index in [2.05, 4.69) is 30.7 Å². The maximum absolute atomic E-state index is 13.2. The number of fused-ring (bicyclic) bond motifs is 3. The van der Waals surface area contributed by atoms with E-state index in [9.17, 15) is 18.0 Å². The molecule has 2 aliphatic heterocycles. The molecule has 5 heterocycles. The Morgan fingerprint density at radius 1 is 1.20 bits per heavy atom. The first-order valence-corrected chi connectivity index (χ1v) is 9.56. The molecule has 5 rings (SSSR count). The first-order valence-electron chi connectivity index (χ1n) is 9.56. The van der Waals surface area contributed by atoms with Crippen molar-refractivity contribution in [1.29, 1.82) is 0 Å². The minimum atomic E-state index is -4.68. The van der Waals surface area contributed by atoms with Gasteiger partial charge in [0.25, 0.3) is 5.91 Å². The van der Waals surface area contributed by atoms with Crippen LogP contribution in [0.4, 0.5) is 24.8 Å². The molecule has 0 aromatic carbocycles. The topological polar surface area (TPSA) is 92.4 Å². The zero-order valence-corrected chi connectivity index (χ0v) is 16.0. The Morgan fingerprint density at radius 2 is 1.93 bits per heavy atom. The number of aryl methyl sites for hydroxylation is 1. The summed E-state index contributed by atoms with van der Waals surface area (Å²) in [7, 11) is 1.36. The summed E-state index contributed by atoms with van der Waals surface area (Å²) in [5.74, 6) is -0.220. The Morgan fingerprint density at radius 3 is 2.63 bits per heavy atom. The van der Waals surface area contributed by atoms with Gasteiger partial charge in [0.05, 0.1) is 17.4 Å². The van der Waals surface area contributed by atoms with Gasteiger partial charge in [-0.2, -0.15) is 18.3 Å². The summed E-state index contributed by atoms with van der Waals surface area (Å²) in [5.41, 5.74) is -0.864. The average Bonchev–Trinajstić information content (AvgIpc) is 3.37. The normalized spacial score (nSPS) is 21.4. The number of nitrogens with zero attached hydrogens (tertiary/aromatic N) is 6. The second kappa shape index (κ2) is 6.69. The molecule has 2 unspecified atom stereocenters. The first kappa shape index (κ1) is 18.9. The molecule has 0 radical (unpaired) electrons. The standard InChI is InChI=1S/C18H19F3N8O/c1-27-9-13(15(25-27)18(19,20)21)24-16(30)14-5-4-12-6-22-17(26-29(12)14)28-7-10-2-3-11(8-28)23-10/h4-6,9-11,23H,2-3,7-8H2,1H3,(H,24,30). The van der Waals surface area contributed by atoms with Crippen molar-refractivity contribution in [2.45, 2.75) is 31.1 Å². The van der Waals surface area contributed by atoms with E-state index in [1.54, 1.807) is 12.3 Å². The molecule has 3 aromatic rings. The third kappa shape index (κ3) is 3.26. The number of halogens is 3. The van der Waals surface area contributed by atoms with Crippen molar-refractivity contribution in [3.8, 4) is 0 Å². The highest BCUT2D eigenvalue weighted by atomic mass is 19.4. The van der Waals surface area contributed by atoms with E-state index < -0.39 is 23.5 Å². The summed E-state index contributed by atoms with van der Waals surface area (Å²) in [6.45, 7) is 1.55. The van der Waals surface area contributed by atoms with Gasteiger partial charge in [-0.05, 0) is 25.0 Å². The molecular weight excluding hydrogens is 401 g/mol. The summed E-state index contributed by atoms with van der Waals surface area (Å²) >= 11 is 0. The summed E-state index contributed by atoms with van der Waals surface area (Å²) < 4.78 is 41.9. The maximum atomic E-state index is 13.2. The van der Waals surface area contributed by atoms with E-state index in [0.717, 1.165) is 36.8 Å². The molecule has 2 fully saturated rings. The maximum Gasteiger partial charge on any atom is 0.437 e. The molecule has 12 heteroatoms. The number of hydrogen-bond acceptors (Lipinski definition) is 6. The van der Waals surface area contributed by atoms with E-state index in [1.165, 1.54) is 17.6 Å². The van der Waals surface area contributed by atoms with Gasteiger partial charge in [0.1, 0.15) is 5.69 Å². The molecule has 2 aliphatic rings. The summed E-state index contributed by atoms with van der Waals surface area (Å²) in [5, 5.41) is 13.7. The number of carbonyl (C=O) groups excluding carboxylic acids is 1. The molecule has 30 heavy (non-hydrogen) atoms. The Balaban J connectivity index is 1.44. The lowest BCUT2D eigenvalue weighted by molar-refractivity contribution is -0.140. The van der Waals surface area contributed by atoms with Crippen LogP contribution in [0, 0.1) is 0 Å². The van der Waals surface area contributed by atoms with Crippen LogP contribution >= 0.6 is 0 Å². The van der Waals surface area contributed by atoms with Crippen LogP contribution in [0.2, 0.25) is 0 Å². The average molecular weight is 420 g/mol. The van der Waals surface area contributed by atoms with Crippen LogP contribution in [0.15, 0.2) is 24.5 Å². The van der Waals surface area contributed by atoms with Gasteiger partial charge >= 0.3 is 6.18 Å². The van der Waals surface area contributed by atoms with Crippen molar-refractivity contribution in [2.24, 2.45) is 7.05 Å². The molecule has 2 atom stereocenters. The molecule has 0 saturated carbocycles. The third-order valence-corrected chi connectivity index (χ3v) is 5.46. The van der Waals surface area contributed by atoms with Crippen LogP contribution in [0.3, 0.4) is 0 Å². The van der Waals surface area contributed by atoms with Gasteiger partial charge in [0.2, 0.25) is 5.95 Å². The second-order valence-electron chi connectivity index (χ2n) is 7.67. The lowest BCUT2D eigenvalue weighted by Gasteiger charge is -2.32. The fraction of sp³-hybridized carbons (Fsp3) is 0.444. The van der Waals surface area contributed by atoms with Crippen molar-refractivity contribution in [1.82, 2.24) is 29.7 Å². The lowest BCUT2D eigenvalue weighted by Crippen LogP contribution is -2.51. The van der Waals surface area contributed by atoms with Crippen molar-refractivity contribution >= 4 is 23.1 Å². The smallest absolute Gasteiger partial charge is 0.336 e. The van der Waals surface area contributed by atoms with Gasteiger partial charge in [-0.1, -0.05) is 0 Å². The van der Waals surface area contributed by atoms with E-state index in [-0.39, 0.29) is 5.69 Å². The van der Waals surface area contributed by atoms with Gasteiger partial charge in [-0.25, -0.2) is 9.50 Å². The van der Waals surface area contributed by atoms with Crippen LogP contribution < -0.4 is 15.5 Å². The number of rotatable bonds is 3. The summed E-state index contributed by atoms with van der Waals surface area (Å²) in [6, 6.07) is 3.94. The molecule has 0 aliphatic carbocycles. The van der Waals surface area contributed by atoms with Crippen LogP contribution in [0.5, 0.6) is 0 Å². The highest BCUT2D eigenvalue weighted by Gasteiger charge is 2.38. The van der Waals surface area contributed by atoms with Gasteiger partial charge in [-0.15, -0.1) is 5.10 Å². The highest BCUT2D eigenvalue weighted by molar-refractivity contribution is 6.04. The number of carbonyl (C=O) groups is 1. The van der Waals surface area contributed by atoms with Gasteiger partial charge in [0, 0.05) is 38.4 Å². The SMILES string of the molecule is Cn1cc(NC(=O)c2ccc3cnc(N4CC5CCC(C4)N5)nn23)c(C(F)(F)F)n1. The molecule has 2 saturated heterocycles. The zero-order valence-electron chi connectivity index (χ0n) is 16.0. The first-order chi connectivity index (χ1) is 14.3. The van der Waals surface area contributed by atoms with Crippen molar-refractivity contribution in [3.63, 3.8) is 0 Å². The van der Waals surface area contributed by atoms with Gasteiger partial charge in [0.15, 0.2) is 5.69 Å². The zero-order chi connectivity index (χ0) is 21.0. The van der Waals surface area contributed by atoms with Gasteiger partial charge < -0.3 is 15.5 Å². The van der Waals surface area contributed by atoms with E-state index in [4.69, 9.17) is 0 Å². The van der Waals surface area contributed by atoms with Gasteiger partial charge in [-0.3, -0.25) is 9.48 Å². The number of piperazine rings is 1. The number of nitrogens with one attached hydrogen (secondary N) is 2. The Bertz CT molecular complexity index is 1110. The van der Waals surface area contributed by atoms with Crippen molar-refractivity contribution in [2.75, 3.05) is 23.3 Å². The highest BCUT2D eigenvalue weighted by Crippen LogP contribution is 2.33. The van der Waals surface area contributed by atoms with Crippen molar-refractivity contribution in [3.05, 3.63) is 35.9 Å². The van der Waals surface area contributed by atoms with E-state index in [0.29, 0.717) is 23.5 Å². The Kier molecular flexibility index (Phi) is 4.20. The fourth-order valence-electron chi connectivity index (χ4n) is 4.15. The molecule has 9 nitrogen and oxygen atoms in total. The van der Waals surface area contributed by atoms with E-state index >= 15 is 0 Å². The molecule has 158 valence electrons. The molecule has 3 aromatic heterocycles. The molecular formula is C18H19F3N8O. The predicted molar refractivity (Wildman–Crippen MR) is 101 cm³/mol. The van der Waals surface area contributed by atoms with Crippen LogP contribution in [-0.4, -0.2) is 55.5 Å². The number of anilines is 2. The number of alkyl halides is 3. The van der Waals surface area contributed by atoms with Crippen LogP contribution in [-0.2, 0) is 13.2 Å². The number of hydrogen-bond donors (Lipinski definition) is 2. The number of amides is 1. The van der Waals surface area contributed by atoms with Crippen LogP contribution in [0.1, 0.15) is 29.0 Å². The minimum Gasteiger partial charge on any atom is -0.336 e. The quantitative estimate of drug-likeness (QED) is 0.670. The lowest BCUT2D eigenvalue weighted by atomic mass is 10.2. The molecule has 1 amide bonds. The second-order valence-corrected chi connectivity index (χ2v) is 7.67. The summed E-state index contributed by atoms with van der Waals surface area (Å²) in [4.78, 5) is 19.2. The third-order valence-electron chi connectivity index (χ3n) is 5.46. The monoisotopic (exact) mass is 420 g/mol. The largest absolute Gasteiger partial charge is 0.437 e. The Labute approximate surface area is 168 Å². The molecule has 0 spiro atoms. The number of aromatic nitrogens is 5. The molecule has 2 N–H and O–H groups in total. The fourth-order valence-corrected chi connectivity index (χ4v) is 4.15. The van der Waals surface area contributed by atoms with Crippen molar-refractivity contribution < 1.29 is 18.0 Å². The minimum absolute atomic E-state index is 0.115. The Hall–Kier alpha value is -3.15. The van der Waals surface area contributed by atoms with E-state index in [1.807, 2.05) is 0 Å².